The molecule has 2 aromatic heterocycles. The van der Waals surface area contributed by atoms with E-state index in [9.17, 15) is 5.26 Å². The van der Waals surface area contributed by atoms with E-state index in [0.29, 0.717) is 5.57 Å². The number of benzene rings is 3. The topological polar surface area (TPSA) is 52.5 Å². The van der Waals surface area contributed by atoms with E-state index in [4.69, 9.17) is 0 Å². The van der Waals surface area contributed by atoms with Crippen LogP contribution in [0.1, 0.15) is 15.6 Å². The Kier molecular flexibility index (Phi) is 5.40. The molecule has 32 heavy (non-hydrogen) atoms. The predicted octanol–water partition coefficient (Wildman–Crippen LogP) is 6.88. The predicted molar refractivity (Wildman–Crippen MR) is 136 cm³/mol. The summed E-state index contributed by atoms with van der Waals surface area (Å²) in [5.41, 5.74) is 2.50. The molecule has 0 saturated heterocycles. The fourth-order valence-electron chi connectivity index (χ4n) is 3.83. The normalized spacial score (nSPS) is 12.5. The lowest BCUT2D eigenvalue weighted by Gasteiger charge is -2.06. The van der Waals surface area contributed by atoms with Gasteiger partial charge in [0.25, 0.3) is 0 Å². The van der Waals surface area contributed by atoms with Crippen LogP contribution >= 0.6 is 23.1 Å². The van der Waals surface area contributed by atoms with Gasteiger partial charge in [-0.15, -0.1) is 11.3 Å². The number of allylic oxidation sites excluding steroid dienone is 2. The molecule has 0 saturated carbocycles. The van der Waals surface area contributed by atoms with Crippen molar-refractivity contribution in [1.29, 1.82) is 5.26 Å². The summed E-state index contributed by atoms with van der Waals surface area (Å²) in [4.78, 5) is 11.6. The van der Waals surface area contributed by atoms with Crippen molar-refractivity contribution < 1.29 is 0 Å². The van der Waals surface area contributed by atoms with Crippen LogP contribution in [0, 0.1) is 18.3 Å². The summed E-state index contributed by atoms with van der Waals surface area (Å²) in [5.74, 6) is 0. The van der Waals surface area contributed by atoms with Crippen molar-refractivity contribution >= 4 is 56.4 Å². The van der Waals surface area contributed by atoms with E-state index in [1.54, 1.807) is 17.8 Å². The van der Waals surface area contributed by atoms with E-state index in [1.165, 1.54) is 26.5 Å². The summed E-state index contributed by atoms with van der Waals surface area (Å²) in [7, 11) is 0. The Balaban J connectivity index is 1.73. The van der Waals surface area contributed by atoms with Gasteiger partial charge >= 0.3 is 0 Å². The molecular weight excluding hydrogens is 430 g/mol. The summed E-state index contributed by atoms with van der Waals surface area (Å²) >= 11 is 3.27. The highest BCUT2D eigenvalue weighted by Gasteiger charge is 2.16. The van der Waals surface area contributed by atoms with Gasteiger partial charge in [0.1, 0.15) is 16.6 Å². The van der Waals surface area contributed by atoms with Gasteiger partial charge in [-0.3, -0.25) is 0 Å². The number of nitrogens with one attached hydrogen (secondary N) is 1. The van der Waals surface area contributed by atoms with Crippen LogP contribution in [0.15, 0.2) is 89.2 Å². The van der Waals surface area contributed by atoms with Crippen molar-refractivity contribution in [3.63, 3.8) is 0 Å². The third-order valence-electron chi connectivity index (χ3n) is 5.29. The molecule has 1 N–H and O–H groups in total. The number of H-pyrrole nitrogens is 1. The summed E-state index contributed by atoms with van der Waals surface area (Å²) in [6.07, 6.45) is 5.61. The quantitative estimate of drug-likeness (QED) is 0.298. The number of aryl methyl sites for hydroxylation is 1. The number of nitriles is 1. The number of hydrogen-bond acceptors (Lipinski definition) is 4. The maximum atomic E-state index is 10.1. The lowest BCUT2D eigenvalue weighted by molar-refractivity contribution is 1.23. The second kappa shape index (κ2) is 8.51. The molecule has 2 heterocycles. The Morgan fingerprint density at radius 3 is 2.69 bits per heavy atom. The second-order valence-corrected chi connectivity index (χ2v) is 9.45. The Bertz CT molecular complexity index is 1580. The van der Waals surface area contributed by atoms with Crippen LogP contribution in [0.2, 0.25) is 0 Å². The van der Waals surface area contributed by atoms with Gasteiger partial charge in [-0.1, -0.05) is 66.9 Å². The van der Waals surface area contributed by atoms with E-state index >= 15 is 0 Å². The first kappa shape index (κ1) is 20.3. The number of thiazole rings is 1. The SMILES string of the molecule is C=C/C=C\c1sc(/C(C#N)=c2/[nH]c3ccc(Sc4ccccc4)c4cccc2c34)nc1C. The molecule has 154 valence electrons. The molecule has 0 fully saturated rings. The zero-order valence-corrected chi connectivity index (χ0v) is 19.1. The summed E-state index contributed by atoms with van der Waals surface area (Å²) in [6, 6.07) is 23.3. The first-order valence-electron chi connectivity index (χ1n) is 10.2. The fourth-order valence-corrected chi connectivity index (χ4v) is 5.78. The third-order valence-corrected chi connectivity index (χ3v) is 7.52. The lowest BCUT2D eigenvalue weighted by atomic mass is 10.1. The molecule has 5 rings (SSSR count). The largest absolute Gasteiger partial charge is 0.353 e. The smallest absolute Gasteiger partial charge is 0.136 e. The maximum absolute atomic E-state index is 10.1. The maximum Gasteiger partial charge on any atom is 0.136 e. The minimum absolute atomic E-state index is 0.567. The van der Waals surface area contributed by atoms with Gasteiger partial charge in [0.05, 0.1) is 15.9 Å². The van der Waals surface area contributed by atoms with E-state index < -0.39 is 0 Å². The molecule has 0 amide bonds. The summed E-state index contributed by atoms with van der Waals surface area (Å²) < 4.78 is 0. The molecule has 0 atom stereocenters. The zero-order valence-electron chi connectivity index (χ0n) is 17.4. The van der Waals surface area contributed by atoms with Crippen LogP contribution in [0.25, 0.3) is 33.3 Å². The molecule has 0 unspecified atom stereocenters. The van der Waals surface area contributed by atoms with Gasteiger partial charge < -0.3 is 4.98 Å². The second-order valence-electron chi connectivity index (χ2n) is 7.30. The van der Waals surface area contributed by atoms with Crippen LogP contribution in [0.5, 0.6) is 0 Å². The van der Waals surface area contributed by atoms with Gasteiger partial charge in [0, 0.05) is 26.1 Å². The van der Waals surface area contributed by atoms with E-state index in [2.05, 4.69) is 77.2 Å². The van der Waals surface area contributed by atoms with Crippen molar-refractivity contribution in [2.24, 2.45) is 0 Å². The third kappa shape index (κ3) is 3.54. The van der Waals surface area contributed by atoms with Crippen LogP contribution in [-0.2, 0) is 0 Å². The Labute approximate surface area is 194 Å². The molecule has 0 bridgehead atoms. The van der Waals surface area contributed by atoms with Crippen molar-refractivity contribution in [3.8, 4) is 6.07 Å². The summed E-state index contributed by atoms with van der Waals surface area (Å²) in [5, 5.41) is 15.0. The van der Waals surface area contributed by atoms with Crippen LogP contribution in [0.3, 0.4) is 0 Å². The minimum Gasteiger partial charge on any atom is -0.353 e. The average Bonchev–Trinajstić information content (AvgIpc) is 3.37. The van der Waals surface area contributed by atoms with Crippen LogP contribution in [-0.4, -0.2) is 9.97 Å². The molecule has 3 nitrogen and oxygen atoms in total. The van der Waals surface area contributed by atoms with Crippen LogP contribution in [0.4, 0.5) is 0 Å². The molecule has 0 aliphatic heterocycles. The molecule has 0 aliphatic carbocycles. The van der Waals surface area contributed by atoms with Crippen LogP contribution < -0.4 is 5.35 Å². The molecule has 5 aromatic rings. The number of rotatable bonds is 5. The zero-order chi connectivity index (χ0) is 22.1. The van der Waals surface area contributed by atoms with Gasteiger partial charge in [0.2, 0.25) is 0 Å². The number of nitrogens with zero attached hydrogens (tertiary/aromatic N) is 2. The van der Waals surface area contributed by atoms with Crippen molar-refractivity contribution in [1.82, 2.24) is 9.97 Å². The minimum atomic E-state index is 0.567. The molecule has 3 aromatic carbocycles. The number of aromatic amines is 1. The van der Waals surface area contributed by atoms with Gasteiger partial charge in [-0.25, -0.2) is 4.98 Å². The highest BCUT2D eigenvalue weighted by molar-refractivity contribution is 7.99. The summed E-state index contributed by atoms with van der Waals surface area (Å²) in [6.45, 7) is 5.69. The highest BCUT2D eigenvalue weighted by Crippen LogP contribution is 2.37. The van der Waals surface area contributed by atoms with E-state index in [0.717, 1.165) is 37.2 Å². The first-order valence-corrected chi connectivity index (χ1v) is 11.8. The Hall–Kier alpha value is -3.59. The Morgan fingerprint density at radius 2 is 1.91 bits per heavy atom. The lowest BCUT2D eigenvalue weighted by Crippen LogP contribution is -2.07. The standard InChI is InChI=1S/C27H19N3S2/c1-3-4-13-23-17(2)29-27(32-23)21(16-28)26-20-12-8-11-19-24(15-14-22(30-26)25(19)20)31-18-9-6-5-7-10-18/h3-15,30H,1H2,2H3/b13-4-,26-21+. The highest BCUT2D eigenvalue weighted by atomic mass is 32.2. The van der Waals surface area contributed by atoms with Crippen molar-refractivity contribution in [2.75, 3.05) is 0 Å². The molecule has 0 aliphatic rings. The molecular formula is C27H19N3S2. The van der Waals surface area contributed by atoms with Gasteiger partial charge in [-0.2, -0.15) is 5.26 Å². The van der Waals surface area contributed by atoms with Gasteiger partial charge in [0.15, 0.2) is 0 Å². The molecule has 5 heteroatoms. The Morgan fingerprint density at radius 1 is 1.09 bits per heavy atom. The van der Waals surface area contributed by atoms with Gasteiger partial charge in [-0.05, 0) is 42.7 Å². The van der Waals surface area contributed by atoms with Crippen molar-refractivity contribution in [2.45, 2.75) is 16.7 Å². The number of aromatic nitrogens is 2. The average molecular weight is 450 g/mol. The molecule has 0 spiro atoms. The monoisotopic (exact) mass is 449 g/mol. The fraction of sp³-hybridized carbons (Fsp3) is 0.0370. The van der Waals surface area contributed by atoms with Crippen molar-refractivity contribution in [3.05, 3.63) is 100 Å². The van der Waals surface area contributed by atoms with E-state index in [1.807, 2.05) is 25.1 Å². The van der Waals surface area contributed by atoms with E-state index in [-0.39, 0.29) is 0 Å². The molecule has 0 radical (unpaired) electrons. The number of hydrogen-bond donors (Lipinski definition) is 1. The first-order chi connectivity index (χ1) is 15.7.